The number of rotatable bonds is 6. The van der Waals surface area contributed by atoms with Crippen molar-refractivity contribution in [2.45, 2.75) is 38.8 Å². The summed E-state index contributed by atoms with van der Waals surface area (Å²) in [6.45, 7) is 4.19. The summed E-state index contributed by atoms with van der Waals surface area (Å²) in [4.78, 5) is 10.7. The predicted octanol–water partition coefficient (Wildman–Crippen LogP) is 2.18. The van der Waals surface area contributed by atoms with E-state index < -0.39 is 18.1 Å². The molecule has 1 aromatic carbocycles. The quantitative estimate of drug-likeness (QED) is 0.723. The number of nitrogens with two attached hydrogens (primary N) is 1. The van der Waals surface area contributed by atoms with Crippen LogP contribution in [-0.4, -0.2) is 22.3 Å². The molecule has 0 saturated heterocycles. The van der Waals surface area contributed by atoms with Crippen LogP contribution in [0.15, 0.2) is 24.3 Å². The van der Waals surface area contributed by atoms with Crippen LogP contribution in [-0.2, 0) is 0 Å². The second kappa shape index (κ2) is 6.52. The highest BCUT2D eigenvalue weighted by Gasteiger charge is 2.17. The Balaban J connectivity index is 2.65. The minimum absolute atomic E-state index is 0.225. The van der Waals surface area contributed by atoms with Crippen LogP contribution in [0.5, 0.6) is 0 Å². The third-order valence-electron chi connectivity index (χ3n) is 3.00. The van der Waals surface area contributed by atoms with Gasteiger partial charge in [0, 0.05) is 0 Å². The topological polar surface area (TPSA) is 83.5 Å². The van der Waals surface area contributed by atoms with E-state index in [1.165, 1.54) is 12.1 Å². The van der Waals surface area contributed by atoms with E-state index in [2.05, 4.69) is 13.8 Å². The summed E-state index contributed by atoms with van der Waals surface area (Å²) < 4.78 is 0. The maximum Gasteiger partial charge on any atom is 0.335 e. The molecule has 0 aromatic heterocycles. The van der Waals surface area contributed by atoms with Gasteiger partial charge in [-0.3, -0.25) is 0 Å². The van der Waals surface area contributed by atoms with Crippen LogP contribution in [0.2, 0.25) is 0 Å². The molecule has 100 valence electrons. The average Bonchev–Trinajstić information content (AvgIpc) is 2.35. The molecule has 2 atom stereocenters. The van der Waals surface area contributed by atoms with E-state index in [-0.39, 0.29) is 5.56 Å². The summed E-state index contributed by atoms with van der Waals surface area (Å²) in [5.41, 5.74) is 6.94. The Hall–Kier alpha value is -1.39. The van der Waals surface area contributed by atoms with Gasteiger partial charge in [-0.1, -0.05) is 26.0 Å². The number of hydrogen-bond donors (Lipinski definition) is 3. The Morgan fingerprint density at radius 2 is 1.78 bits per heavy atom. The molecule has 0 aliphatic heterocycles. The van der Waals surface area contributed by atoms with Gasteiger partial charge in [0.15, 0.2) is 0 Å². The first kappa shape index (κ1) is 14.7. The molecule has 0 aliphatic carbocycles. The SMILES string of the molecule is CC(C)CC[C@@H](O)[C@@H](N)c1ccc(C(=O)O)cc1. The highest BCUT2D eigenvalue weighted by atomic mass is 16.4. The predicted molar refractivity (Wildman–Crippen MR) is 70.4 cm³/mol. The summed E-state index contributed by atoms with van der Waals surface area (Å²) in [5, 5.41) is 18.7. The van der Waals surface area contributed by atoms with Crippen LogP contribution >= 0.6 is 0 Å². The number of aliphatic hydroxyl groups is 1. The minimum atomic E-state index is -0.963. The van der Waals surface area contributed by atoms with Crippen molar-refractivity contribution in [3.05, 3.63) is 35.4 Å². The van der Waals surface area contributed by atoms with Gasteiger partial charge in [0.2, 0.25) is 0 Å². The lowest BCUT2D eigenvalue weighted by atomic mass is 9.95. The van der Waals surface area contributed by atoms with Crippen molar-refractivity contribution in [2.75, 3.05) is 0 Å². The molecule has 18 heavy (non-hydrogen) atoms. The first-order valence-corrected chi connectivity index (χ1v) is 6.18. The molecule has 0 unspecified atom stereocenters. The van der Waals surface area contributed by atoms with Crippen molar-refractivity contribution in [3.8, 4) is 0 Å². The fraction of sp³-hybridized carbons (Fsp3) is 0.500. The van der Waals surface area contributed by atoms with Crippen LogP contribution in [0.1, 0.15) is 48.7 Å². The molecule has 0 saturated carbocycles. The van der Waals surface area contributed by atoms with Crippen molar-refractivity contribution in [2.24, 2.45) is 11.7 Å². The van der Waals surface area contributed by atoms with Crippen molar-refractivity contribution in [3.63, 3.8) is 0 Å². The van der Waals surface area contributed by atoms with Crippen LogP contribution in [0.3, 0.4) is 0 Å². The summed E-state index contributed by atoms with van der Waals surface area (Å²) in [5.74, 6) is -0.434. The van der Waals surface area contributed by atoms with Crippen LogP contribution in [0, 0.1) is 5.92 Å². The van der Waals surface area contributed by atoms with Gasteiger partial charge >= 0.3 is 5.97 Å². The number of aliphatic hydroxyl groups excluding tert-OH is 1. The summed E-state index contributed by atoms with van der Waals surface area (Å²) in [7, 11) is 0. The standard InChI is InChI=1S/C14H21NO3/c1-9(2)3-8-12(16)13(15)10-4-6-11(7-5-10)14(17)18/h4-7,9,12-13,16H,3,8,15H2,1-2H3,(H,17,18)/t12-,13+/m1/s1. The van der Waals surface area contributed by atoms with E-state index in [1.807, 2.05) is 0 Å². The van der Waals surface area contributed by atoms with E-state index in [4.69, 9.17) is 10.8 Å². The second-order valence-electron chi connectivity index (χ2n) is 4.99. The second-order valence-corrected chi connectivity index (χ2v) is 4.99. The Kier molecular flexibility index (Phi) is 5.31. The zero-order valence-corrected chi connectivity index (χ0v) is 10.8. The number of carbonyl (C=O) groups is 1. The summed E-state index contributed by atoms with van der Waals surface area (Å²) in [6, 6.07) is 5.87. The minimum Gasteiger partial charge on any atom is -0.478 e. The van der Waals surface area contributed by atoms with Crippen molar-refractivity contribution in [1.29, 1.82) is 0 Å². The monoisotopic (exact) mass is 251 g/mol. The highest BCUT2D eigenvalue weighted by molar-refractivity contribution is 5.87. The molecule has 1 aromatic rings. The third kappa shape index (κ3) is 4.13. The lowest BCUT2D eigenvalue weighted by Crippen LogP contribution is -2.26. The third-order valence-corrected chi connectivity index (χ3v) is 3.00. The van der Waals surface area contributed by atoms with Gasteiger partial charge in [0.1, 0.15) is 0 Å². The summed E-state index contributed by atoms with van der Waals surface area (Å²) >= 11 is 0. The lowest BCUT2D eigenvalue weighted by molar-refractivity contribution is 0.0697. The number of benzene rings is 1. The van der Waals surface area contributed by atoms with E-state index in [9.17, 15) is 9.90 Å². The zero-order valence-electron chi connectivity index (χ0n) is 10.8. The molecule has 4 nitrogen and oxygen atoms in total. The van der Waals surface area contributed by atoms with Gasteiger partial charge in [0.05, 0.1) is 17.7 Å². The van der Waals surface area contributed by atoms with E-state index in [0.29, 0.717) is 12.3 Å². The van der Waals surface area contributed by atoms with Gasteiger partial charge in [0.25, 0.3) is 0 Å². The number of aromatic carboxylic acids is 1. The fourth-order valence-electron chi connectivity index (χ4n) is 1.75. The molecule has 1 rings (SSSR count). The zero-order chi connectivity index (χ0) is 13.7. The molecular formula is C14H21NO3. The molecule has 0 spiro atoms. The number of carboxylic acids is 1. The molecular weight excluding hydrogens is 230 g/mol. The average molecular weight is 251 g/mol. The van der Waals surface area contributed by atoms with E-state index >= 15 is 0 Å². The molecule has 4 heteroatoms. The molecule has 0 fully saturated rings. The van der Waals surface area contributed by atoms with Gasteiger partial charge in [-0.05, 0) is 36.5 Å². The molecule has 0 amide bonds. The Morgan fingerprint density at radius 3 is 2.22 bits per heavy atom. The van der Waals surface area contributed by atoms with Crippen LogP contribution in [0.25, 0.3) is 0 Å². The van der Waals surface area contributed by atoms with Crippen molar-refractivity contribution in [1.82, 2.24) is 0 Å². The van der Waals surface area contributed by atoms with Gasteiger partial charge in [-0.2, -0.15) is 0 Å². The normalized spacial score (nSPS) is 14.5. The number of hydrogen-bond acceptors (Lipinski definition) is 3. The van der Waals surface area contributed by atoms with Crippen molar-refractivity contribution >= 4 is 5.97 Å². The maximum atomic E-state index is 10.7. The first-order chi connectivity index (χ1) is 8.41. The van der Waals surface area contributed by atoms with Crippen molar-refractivity contribution < 1.29 is 15.0 Å². The molecule has 0 heterocycles. The molecule has 4 N–H and O–H groups in total. The Bertz CT molecular complexity index is 387. The molecule has 0 aliphatic rings. The highest BCUT2D eigenvalue weighted by Crippen LogP contribution is 2.19. The molecule has 0 radical (unpaired) electrons. The first-order valence-electron chi connectivity index (χ1n) is 6.18. The van der Waals surface area contributed by atoms with Crippen LogP contribution in [0.4, 0.5) is 0 Å². The smallest absolute Gasteiger partial charge is 0.335 e. The number of carboxylic acid groups (broad SMARTS) is 1. The van der Waals surface area contributed by atoms with Gasteiger partial charge in [-0.25, -0.2) is 4.79 Å². The fourth-order valence-corrected chi connectivity index (χ4v) is 1.75. The van der Waals surface area contributed by atoms with Gasteiger partial charge in [-0.15, -0.1) is 0 Å². The lowest BCUT2D eigenvalue weighted by Gasteiger charge is -2.20. The molecule has 0 bridgehead atoms. The van der Waals surface area contributed by atoms with Gasteiger partial charge < -0.3 is 15.9 Å². The van der Waals surface area contributed by atoms with E-state index in [0.717, 1.165) is 12.0 Å². The Labute approximate surface area is 107 Å². The van der Waals surface area contributed by atoms with E-state index in [1.54, 1.807) is 12.1 Å². The largest absolute Gasteiger partial charge is 0.478 e. The Morgan fingerprint density at radius 1 is 1.22 bits per heavy atom. The summed E-state index contributed by atoms with van der Waals surface area (Å²) in [6.07, 6.45) is 0.977. The van der Waals surface area contributed by atoms with Crippen LogP contribution < -0.4 is 5.73 Å². The maximum absolute atomic E-state index is 10.7.